The van der Waals surface area contributed by atoms with Crippen LogP contribution in [0.5, 0.6) is 0 Å². The Morgan fingerprint density at radius 3 is 2.72 bits per heavy atom. The van der Waals surface area contributed by atoms with Gasteiger partial charge in [-0.05, 0) is 37.7 Å². The Balaban J connectivity index is 1.15. The Hall–Kier alpha value is -2.20. The van der Waals surface area contributed by atoms with Gasteiger partial charge in [-0.2, -0.15) is 13.2 Å². The van der Waals surface area contributed by atoms with Gasteiger partial charge >= 0.3 is 6.18 Å². The number of likely N-dealkylation sites (tertiary alicyclic amines) is 1. The van der Waals surface area contributed by atoms with Gasteiger partial charge in [0.25, 0.3) is 0 Å². The molecule has 3 aromatic rings. The van der Waals surface area contributed by atoms with E-state index in [-0.39, 0.29) is 6.10 Å². The van der Waals surface area contributed by atoms with E-state index < -0.39 is 12.8 Å². The normalized spacial score (nSPS) is 24.4. The van der Waals surface area contributed by atoms with Crippen LogP contribution in [0.3, 0.4) is 0 Å². The van der Waals surface area contributed by atoms with Crippen molar-refractivity contribution in [1.82, 2.24) is 29.7 Å². The number of fused-ring (bicyclic) bond motifs is 3. The monoisotopic (exact) mass is 408 g/mol. The summed E-state index contributed by atoms with van der Waals surface area (Å²) >= 11 is 0. The van der Waals surface area contributed by atoms with E-state index in [0.717, 1.165) is 54.5 Å². The third kappa shape index (κ3) is 3.83. The molecule has 5 rings (SSSR count). The zero-order valence-corrected chi connectivity index (χ0v) is 15.9. The highest BCUT2D eigenvalue weighted by Crippen LogP contribution is 2.38. The van der Waals surface area contributed by atoms with Crippen LogP contribution >= 0.6 is 0 Å². The maximum Gasteiger partial charge on any atom is 0.411 e. The lowest BCUT2D eigenvalue weighted by Gasteiger charge is -2.42. The van der Waals surface area contributed by atoms with E-state index in [1.807, 2.05) is 12.3 Å². The molecule has 156 valence electrons. The molecule has 0 atom stereocenters. The Morgan fingerprint density at radius 1 is 1.17 bits per heavy atom. The third-order valence-electron chi connectivity index (χ3n) is 6.15. The minimum absolute atomic E-state index is 0.284. The average Bonchev–Trinajstić information content (AvgIpc) is 3.29. The van der Waals surface area contributed by atoms with Gasteiger partial charge in [0.1, 0.15) is 24.1 Å². The number of nitrogens with zero attached hydrogens (tertiary/aromatic N) is 5. The van der Waals surface area contributed by atoms with Crippen molar-refractivity contribution in [3.63, 3.8) is 0 Å². The standard InChI is InChI=1S/C19H23F3N6O/c20-19(21,22)10-29-14-8-27(9-14)7-12-1-3-13(4-2-12)16-17-15-5-6-23-18(15)24-11-28(17)26-25-16/h5-6,11-14,23H,1-4,7-10H2. The topological polar surface area (TPSA) is 71.3 Å². The summed E-state index contributed by atoms with van der Waals surface area (Å²) in [5, 5.41) is 9.74. The summed E-state index contributed by atoms with van der Waals surface area (Å²) in [6, 6.07) is 2.01. The Kier molecular flexibility index (Phi) is 4.70. The molecule has 4 heterocycles. The first-order chi connectivity index (χ1) is 14.0. The summed E-state index contributed by atoms with van der Waals surface area (Å²) < 4.78 is 43.3. The molecule has 7 nitrogen and oxygen atoms in total. The van der Waals surface area contributed by atoms with Gasteiger partial charge in [0.15, 0.2) is 0 Å². The lowest BCUT2D eigenvalue weighted by atomic mass is 9.79. The molecule has 1 aliphatic heterocycles. The largest absolute Gasteiger partial charge is 0.411 e. The Labute approximate surface area is 165 Å². The second-order valence-electron chi connectivity index (χ2n) is 8.24. The van der Waals surface area contributed by atoms with Crippen molar-refractivity contribution in [2.75, 3.05) is 26.2 Å². The first-order valence-electron chi connectivity index (χ1n) is 10.0. The van der Waals surface area contributed by atoms with Crippen LogP contribution in [0, 0.1) is 5.92 Å². The van der Waals surface area contributed by atoms with Crippen LogP contribution in [0.2, 0.25) is 0 Å². The number of halogens is 3. The van der Waals surface area contributed by atoms with E-state index >= 15 is 0 Å². The van der Waals surface area contributed by atoms with Crippen LogP contribution in [0.25, 0.3) is 16.6 Å². The Bertz CT molecular complexity index is 985. The minimum Gasteiger partial charge on any atom is -0.366 e. The maximum absolute atomic E-state index is 12.2. The first-order valence-corrected chi connectivity index (χ1v) is 10.0. The quantitative estimate of drug-likeness (QED) is 0.702. The predicted molar refractivity (Wildman–Crippen MR) is 99.6 cm³/mol. The second-order valence-corrected chi connectivity index (χ2v) is 8.24. The molecule has 0 spiro atoms. The number of hydrogen-bond donors (Lipinski definition) is 1. The van der Waals surface area contributed by atoms with Crippen LogP contribution in [-0.2, 0) is 4.74 Å². The van der Waals surface area contributed by atoms with Crippen molar-refractivity contribution >= 4 is 16.6 Å². The molecule has 2 fully saturated rings. The highest BCUT2D eigenvalue weighted by Gasteiger charge is 2.35. The number of rotatable bonds is 5. The van der Waals surface area contributed by atoms with Crippen molar-refractivity contribution in [3.05, 3.63) is 24.3 Å². The fraction of sp³-hybridized carbons (Fsp3) is 0.632. The predicted octanol–water partition coefficient (Wildman–Crippen LogP) is 3.14. The summed E-state index contributed by atoms with van der Waals surface area (Å²) in [7, 11) is 0. The molecule has 0 aromatic carbocycles. The highest BCUT2D eigenvalue weighted by atomic mass is 19.4. The molecule has 0 amide bonds. The number of nitrogens with one attached hydrogen (secondary N) is 1. The van der Waals surface area contributed by atoms with E-state index in [1.54, 1.807) is 10.8 Å². The zero-order valence-electron chi connectivity index (χ0n) is 15.9. The van der Waals surface area contributed by atoms with Gasteiger partial charge in [-0.1, -0.05) is 5.21 Å². The van der Waals surface area contributed by atoms with Crippen molar-refractivity contribution in [3.8, 4) is 0 Å². The van der Waals surface area contributed by atoms with Crippen LogP contribution in [0.4, 0.5) is 13.2 Å². The summed E-state index contributed by atoms with van der Waals surface area (Å²) in [6.45, 7) is 0.994. The van der Waals surface area contributed by atoms with Gasteiger partial charge in [0.05, 0.1) is 11.8 Å². The molecule has 0 unspecified atom stereocenters. The molecule has 0 radical (unpaired) electrons. The number of aromatic amines is 1. The van der Waals surface area contributed by atoms with Gasteiger partial charge in [-0.25, -0.2) is 9.50 Å². The SMILES string of the molecule is FC(F)(F)COC1CN(CC2CCC(c3nnn4cnc5[nH]ccc5c34)CC2)C1. The highest BCUT2D eigenvalue weighted by molar-refractivity contribution is 5.92. The van der Waals surface area contributed by atoms with Gasteiger partial charge in [0, 0.05) is 37.1 Å². The molecule has 1 saturated carbocycles. The average molecular weight is 408 g/mol. The number of aromatic nitrogens is 5. The molecule has 0 bridgehead atoms. The molecule has 1 N–H and O–H groups in total. The zero-order chi connectivity index (χ0) is 20.0. The smallest absolute Gasteiger partial charge is 0.366 e. The van der Waals surface area contributed by atoms with E-state index in [0.29, 0.717) is 24.9 Å². The van der Waals surface area contributed by atoms with Crippen LogP contribution in [0.15, 0.2) is 18.6 Å². The number of H-pyrrole nitrogens is 1. The number of hydrogen-bond acceptors (Lipinski definition) is 5. The lowest BCUT2D eigenvalue weighted by Crippen LogP contribution is -2.54. The molecule has 1 aliphatic carbocycles. The lowest BCUT2D eigenvalue weighted by molar-refractivity contribution is -0.199. The molecule has 10 heteroatoms. The molecule has 2 aliphatic rings. The molecular formula is C19H23F3N6O. The van der Waals surface area contributed by atoms with Crippen molar-refractivity contribution < 1.29 is 17.9 Å². The fourth-order valence-corrected chi connectivity index (χ4v) is 4.67. The summed E-state index contributed by atoms with van der Waals surface area (Å²) in [5.41, 5.74) is 2.92. The molecular weight excluding hydrogens is 385 g/mol. The molecule has 1 saturated heterocycles. The maximum atomic E-state index is 12.2. The minimum atomic E-state index is -4.24. The summed E-state index contributed by atoms with van der Waals surface area (Å²) in [5.74, 6) is 0.953. The van der Waals surface area contributed by atoms with Crippen LogP contribution in [0.1, 0.15) is 37.3 Å². The van der Waals surface area contributed by atoms with Crippen molar-refractivity contribution in [2.24, 2.45) is 5.92 Å². The molecule has 29 heavy (non-hydrogen) atoms. The van der Waals surface area contributed by atoms with Crippen molar-refractivity contribution in [2.45, 2.75) is 43.9 Å². The van der Waals surface area contributed by atoms with E-state index in [1.165, 1.54) is 0 Å². The van der Waals surface area contributed by atoms with Crippen molar-refractivity contribution in [1.29, 1.82) is 0 Å². The summed E-state index contributed by atoms with van der Waals surface area (Å²) in [4.78, 5) is 9.69. The van der Waals surface area contributed by atoms with E-state index in [9.17, 15) is 13.2 Å². The first kappa shape index (κ1) is 18.8. The van der Waals surface area contributed by atoms with E-state index in [2.05, 4.69) is 25.2 Å². The fourth-order valence-electron chi connectivity index (χ4n) is 4.67. The summed E-state index contributed by atoms with van der Waals surface area (Å²) in [6.07, 6.45) is 3.33. The number of ether oxygens (including phenoxy) is 1. The molecule has 3 aromatic heterocycles. The number of alkyl halides is 3. The van der Waals surface area contributed by atoms with E-state index in [4.69, 9.17) is 4.74 Å². The van der Waals surface area contributed by atoms with Gasteiger partial charge in [-0.15, -0.1) is 5.10 Å². The third-order valence-corrected chi connectivity index (χ3v) is 6.15. The van der Waals surface area contributed by atoms with Gasteiger partial charge in [-0.3, -0.25) is 4.90 Å². The van der Waals surface area contributed by atoms with Crippen LogP contribution in [-0.4, -0.2) is 68.2 Å². The van der Waals surface area contributed by atoms with Gasteiger partial charge in [0.2, 0.25) is 0 Å². The second kappa shape index (κ2) is 7.24. The van der Waals surface area contributed by atoms with Gasteiger partial charge < -0.3 is 9.72 Å². The van der Waals surface area contributed by atoms with Crippen LogP contribution < -0.4 is 0 Å². The Morgan fingerprint density at radius 2 is 1.97 bits per heavy atom.